The molecule has 0 radical (unpaired) electrons. The zero-order valence-electron chi connectivity index (χ0n) is 13.5. The lowest BCUT2D eigenvalue weighted by Gasteiger charge is -2.31. The third-order valence-corrected chi connectivity index (χ3v) is 4.63. The minimum atomic E-state index is -1.18. The van der Waals surface area contributed by atoms with E-state index in [1.165, 1.54) is 4.90 Å². The molecule has 0 spiro atoms. The summed E-state index contributed by atoms with van der Waals surface area (Å²) < 4.78 is 0. The largest absolute Gasteiger partial charge is 0.480 e. The summed E-state index contributed by atoms with van der Waals surface area (Å²) in [4.78, 5) is 37.5. The van der Waals surface area contributed by atoms with Gasteiger partial charge in [0, 0.05) is 23.8 Å². The number of anilines is 1. The number of aliphatic carboxylic acids is 1. The molecule has 1 unspecified atom stereocenters. The van der Waals surface area contributed by atoms with Crippen LogP contribution in [0.15, 0.2) is 24.3 Å². The highest BCUT2D eigenvalue weighted by molar-refractivity contribution is 5.99. The lowest BCUT2D eigenvalue weighted by atomic mass is 9.98. The summed E-state index contributed by atoms with van der Waals surface area (Å²) in [5, 5.41) is 15.0. The summed E-state index contributed by atoms with van der Waals surface area (Å²) in [6.07, 6.45) is 3.09. The number of carbonyl (C=O) groups excluding carboxylic acids is 2. The molecule has 1 aliphatic carbocycles. The van der Waals surface area contributed by atoms with Crippen LogP contribution in [0.5, 0.6) is 0 Å². The minimum Gasteiger partial charge on any atom is -0.480 e. The zero-order chi connectivity index (χ0) is 17.3. The van der Waals surface area contributed by atoms with Crippen LogP contribution in [-0.2, 0) is 4.79 Å². The third-order valence-electron chi connectivity index (χ3n) is 4.63. The molecule has 3 amide bonds. The first-order chi connectivity index (χ1) is 11.4. The Morgan fingerprint density at radius 2 is 2.04 bits per heavy atom. The maximum Gasteiger partial charge on any atom is 0.329 e. The number of carboxylic acid groups (broad SMARTS) is 1. The lowest BCUT2D eigenvalue weighted by Crippen LogP contribution is -2.50. The Kier molecular flexibility index (Phi) is 4.17. The van der Waals surface area contributed by atoms with Gasteiger partial charge in [0.2, 0.25) is 0 Å². The quantitative estimate of drug-likeness (QED) is 0.786. The van der Waals surface area contributed by atoms with Gasteiger partial charge in [0.05, 0.1) is 0 Å². The van der Waals surface area contributed by atoms with Crippen LogP contribution in [0.3, 0.4) is 0 Å². The average Bonchev–Trinajstić information content (AvgIpc) is 3.25. The van der Waals surface area contributed by atoms with E-state index in [2.05, 4.69) is 10.6 Å². The highest BCUT2D eigenvalue weighted by Crippen LogP contribution is 2.31. The van der Waals surface area contributed by atoms with Gasteiger partial charge in [0.15, 0.2) is 0 Å². The molecule has 1 aliphatic heterocycles. The molecule has 3 rings (SSSR count). The highest BCUT2D eigenvalue weighted by Gasteiger charge is 2.46. The number of amides is 3. The Balaban J connectivity index is 1.74. The molecule has 1 heterocycles. The van der Waals surface area contributed by atoms with Crippen LogP contribution in [0, 0.1) is 0 Å². The predicted octanol–water partition coefficient (Wildman–Crippen LogP) is 2.05. The molecule has 7 heteroatoms. The van der Waals surface area contributed by atoms with Crippen LogP contribution >= 0.6 is 0 Å². The number of nitrogens with zero attached hydrogens (tertiary/aromatic N) is 1. The summed E-state index contributed by atoms with van der Waals surface area (Å²) in [6.45, 7) is 1.99. The number of hydrogen-bond donors (Lipinski definition) is 3. The second-order valence-electron chi connectivity index (χ2n) is 6.59. The molecule has 1 aromatic rings. The topological polar surface area (TPSA) is 98.7 Å². The molecule has 3 N–H and O–H groups in total. The van der Waals surface area contributed by atoms with E-state index in [0.29, 0.717) is 30.6 Å². The van der Waals surface area contributed by atoms with Crippen molar-refractivity contribution in [1.29, 1.82) is 0 Å². The molecule has 2 fully saturated rings. The van der Waals surface area contributed by atoms with Gasteiger partial charge < -0.3 is 20.6 Å². The van der Waals surface area contributed by atoms with Gasteiger partial charge in [-0.3, -0.25) is 4.79 Å². The first-order valence-corrected chi connectivity index (χ1v) is 8.13. The van der Waals surface area contributed by atoms with E-state index in [0.717, 1.165) is 12.8 Å². The number of hydrogen-bond acceptors (Lipinski definition) is 3. The number of carbonyl (C=O) groups is 3. The highest BCUT2D eigenvalue weighted by atomic mass is 16.4. The van der Waals surface area contributed by atoms with Crippen LogP contribution in [0.1, 0.15) is 43.0 Å². The van der Waals surface area contributed by atoms with E-state index < -0.39 is 11.5 Å². The van der Waals surface area contributed by atoms with Gasteiger partial charge in [0.25, 0.3) is 5.91 Å². The predicted molar refractivity (Wildman–Crippen MR) is 87.9 cm³/mol. The van der Waals surface area contributed by atoms with Crippen molar-refractivity contribution in [2.75, 3.05) is 11.9 Å². The van der Waals surface area contributed by atoms with Gasteiger partial charge in [-0.1, -0.05) is 6.07 Å². The van der Waals surface area contributed by atoms with E-state index in [1.54, 1.807) is 31.2 Å². The van der Waals surface area contributed by atoms with Crippen LogP contribution in [0.25, 0.3) is 0 Å². The van der Waals surface area contributed by atoms with Crippen molar-refractivity contribution >= 4 is 23.6 Å². The molecule has 2 aliphatic rings. The Bertz CT molecular complexity index is 686. The van der Waals surface area contributed by atoms with Crippen LogP contribution in [0.4, 0.5) is 10.5 Å². The zero-order valence-corrected chi connectivity index (χ0v) is 13.5. The molecule has 1 atom stereocenters. The molecule has 0 aromatic heterocycles. The van der Waals surface area contributed by atoms with Crippen molar-refractivity contribution in [3.05, 3.63) is 29.8 Å². The summed E-state index contributed by atoms with van der Waals surface area (Å²) in [6, 6.07) is 6.54. The molecular formula is C17H21N3O4. The number of carboxylic acids is 1. The number of nitrogens with one attached hydrogen (secondary N) is 2. The van der Waals surface area contributed by atoms with Crippen LogP contribution in [-0.4, -0.2) is 46.0 Å². The number of rotatable bonds is 4. The fraction of sp³-hybridized carbons (Fsp3) is 0.471. The third kappa shape index (κ3) is 3.20. The lowest BCUT2D eigenvalue weighted by molar-refractivity contribution is -0.147. The molecule has 24 heavy (non-hydrogen) atoms. The monoisotopic (exact) mass is 331 g/mol. The normalized spacial score (nSPS) is 23.0. The first-order valence-electron chi connectivity index (χ1n) is 8.13. The van der Waals surface area contributed by atoms with Crippen molar-refractivity contribution in [3.63, 3.8) is 0 Å². The molecule has 1 saturated carbocycles. The summed E-state index contributed by atoms with van der Waals surface area (Å²) >= 11 is 0. The molecule has 1 saturated heterocycles. The summed E-state index contributed by atoms with van der Waals surface area (Å²) in [5.74, 6) is -1.32. The second-order valence-corrected chi connectivity index (χ2v) is 6.59. The molecular weight excluding hydrogens is 310 g/mol. The van der Waals surface area contributed by atoms with Crippen molar-refractivity contribution in [2.45, 2.75) is 44.2 Å². The van der Waals surface area contributed by atoms with Crippen LogP contribution in [0.2, 0.25) is 0 Å². The summed E-state index contributed by atoms with van der Waals surface area (Å²) in [7, 11) is 0. The number of urea groups is 1. The van der Waals surface area contributed by atoms with E-state index in [4.69, 9.17) is 0 Å². The first kappa shape index (κ1) is 16.3. The molecule has 0 bridgehead atoms. The van der Waals surface area contributed by atoms with E-state index in [1.807, 2.05) is 0 Å². The Hall–Kier alpha value is -2.57. The fourth-order valence-electron chi connectivity index (χ4n) is 2.98. The average molecular weight is 331 g/mol. The Morgan fingerprint density at radius 3 is 2.71 bits per heavy atom. The van der Waals surface area contributed by atoms with Gasteiger partial charge in [-0.15, -0.1) is 0 Å². The summed E-state index contributed by atoms with van der Waals surface area (Å²) in [5.41, 5.74) is -0.298. The van der Waals surface area contributed by atoms with Gasteiger partial charge in [0.1, 0.15) is 5.54 Å². The number of benzene rings is 1. The van der Waals surface area contributed by atoms with Crippen molar-refractivity contribution in [2.24, 2.45) is 0 Å². The van der Waals surface area contributed by atoms with Crippen LogP contribution < -0.4 is 10.6 Å². The molecule has 128 valence electrons. The van der Waals surface area contributed by atoms with E-state index >= 15 is 0 Å². The molecule has 1 aromatic carbocycles. The Labute approximate surface area is 140 Å². The van der Waals surface area contributed by atoms with Gasteiger partial charge in [-0.05, 0) is 50.8 Å². The minimum absolute atomic E-state index is 0.246. The van der Waals surface area contributed by atoms with Gasteiger partial charge >= 0.3 is 12.0 Å². The Morgan fingerprint density at radius 1 is 1.29 bits per heavy atom. The standard InChI is InChI=1S/C17H21N3O4/c1-17(15(22)23)8-3-9-20(17)14(21)11-4-2-5-13(10-11)19-16(24)18-12-6-7-12/h2,4-5,10,12H,3,6-9H2,1H3,(H,22,23)(H2,18,19,24). The van der Waals surface area contributed by atoms with Crippen molar-refractivity contribution in [3.8, 4) is 0 Å². The fourth-order valence-corrected chi connectivity index (χ4v) is 2.98. The van der Waals surface area contributed by atoms with Gasteiger partial charge in [-0.25, -0.2) is 9.59 Å². The second kappa shape index (κ2) is 6.14. The SMILES string of the molecule is CC1(C(=O)O)CCCN1C(=O)c1cccc(NC(=O)NC2CC2)c1. The smallest absolute Gasteiger partial charge is 0.329 e. The van der Waals surface area contributed by atoms with E-state index in [-0.39, 0.29) is 18.0 Å². The molecule has 7 nitrogen and oxygen atoms in total. The maximum absolute atomic E-state index is 12.7. The van der Waals surface area contributed by atoms with E-state index in [9.17, 15) is 19.5 Å². The van der Waals surface area contributed by atoms with Gasteiger partial charge in [-0.2, -0.15) is 0 Å². The van der Waals surface area contributed by atoms with Crippen molar-refractivity contribution in [1.82, 2.24) is 10.2 Å². The van der Waals surface area contributed by atoms with Crippen molar-refractivity contribution < 1.29 is 19.5 Å². The maximum atomic E-state index is 12.7. The number of likely N-dealkylation sites (tertiary alicyclic amines) is 1.